The third-order valence-electron chi connectivity index (χ3n) is 4.40. The highest BCUT2D eigenvalue weighted by molar-refractivity contribution is 7.89. The van der Waals surface area contributed by atoms with Crippen LogP contribution < -0.4 is 10.0 Å². The maximum absolute atomic E-state index is 12.6. The molecule has 2 N–H and O–H groups in total. The molecule has 0 atom stereocenters. The highest BCUT2D eigenvalue weighted by Gasteiger charge is 2.19. The van der Waals surface area contributed by atoms with E-state index in [1.807, 2.05) is 24.4 Å². The number of hydrogen-bond acceptors (Lipinski definition) is 6. The predicted octanol–water partition coefficient (Wildman–Crippen LogP) is 3.63. The van der Waals surface area contributed by atoms with Gasteiger partial charge in [0.25, 0.3) is 5.91 Å². The number of benzene rings is 1. The molecule has 0 aliphatic heterocycles. The predicted molar refractivity (Wildman–Crippen MR) is 113 cm³/mol. The summed E-state index contributed by atoms with van der Waals surface area (Å²) in [6.07, 6.45) is 0. The molecule has 3 rings (SSSR count). The van der Waals surface area contributed by atoms with E-state index in [2.05, 4.69) is 15.0 Å². The van der Waals surface area contributed by atoms with Gasteiger partial charge < -0.3 is 5.32 Å². The molecule has 0 spiro atoms. The van der Waals surface area contributed by atoms with Crippen molar-refractivity contribution in [1.82, 2.24) is 15.0 Å². The lowest BCUT2D eigenvalue weighted by Crippen LogP contribution is -2.24. The van der Waals surface area contributed by atoms with Gasteiger partial charge in [-0.2, -0.15) is 0 Å². The van der Waals surface area contributed by atoms with Gasteiger partial charge in [-0.1, -0.05) is 0 Å². The average molecular weight is 436 g/mol. The maximum atomic E-state index is 12.6. The molecule has 0 fully saturated rings. The molecule has 1 aromatic carbocycles. The Morgan fingerprint density at radius 3 is 2.57 bits per heavy atom. The number of hydrogen-bond donors (Lipinski definition) is 2. The highest BCUT2D eigenvalue weighted by atomic mass is 32.2. The molecule has 0 saturated carbocycles. The van der Waals surface area contributed by atoms with Gasteiger partial charge in [-0.15, -0.1) is 22.7 Å². The molecule has 3 aromatic rings. The van der Waals surface area contributed by atoms with Crippen molar-refractivity contribution in [2.24, 2.45) is 0 Å². The molecule has 0 saturated heterocycles. The molecule has 0 aliphatic carbocycles. The normalized spacial score (nSPS) is 11.6. The van der Waals surface area contributed by atoms with Crippen molar-refractivity contribution in [2.75, 3.05) is 7.05 Å². The molecule has 0 unspecified atom stereocenters. The quantitative estimate of drug-likeness (QED) is 0.619. The van der Waals surface area contributed by atoms with Crippen LogP contribution in [0.25, 0.3) is 10.6 Å². The van der Waals surface area contributed by atoms with Crippen LogP contribution in [0.5, 0.6) is 0 Å². The Bertz CT molecular complexity index is 1130. The smallest absolute Gasteiger partial charge is 0.251 e. The molecule has 1 amide bonds. The van der Waals surface area contributed by atoms with Gasteiger partial charge in [-0.05, 0) is 63.2 Å². The molecule has 0 radical (unpaired) electrons. The molecule has 2 aromatic heterocycles. The molecule has 2 heterocycles. The first kappa shape index (κ1) is 20.7. The van der Waals surface area contributed by atoms with Crippen molar-refractivity contribution >= 4 is 38.6 Å². The van der Waals surface area contributed by atoms with Crippen molar-refractivity contribution in [3.8, 4) is 10.6 Å². The molecular formula is C19H21N3O3S3. The number of thiophene rings is 1. The van der Waals surface area contributed by atoms with Crippen LogP contribution in [-0.2, 0) is 16.6 Å². The monoisotopic (exact) mass is 435 g/mol. The van der Waals surface area contributed by atoms with Gasteiger partial charge in [0.1, 0.15) is 0 Å². The van der Waals surface area contributed by atoms with E-state index in [1.165, 1.54) is 13.1 Å². The third-order valence-corrected chi connectivity index (χ3v) is 7.82. The molecule has 148 valence electrons. The standard InChI is InChI=1S/C19H21N3O3S3/c1-11-7-14(8-18(12(11)2)28(24,25)20-4)19(23)21-9-15-5-6-17(27-15)16-10-26-13(3)22-16/h5-8,10,20H,9H2,1-4H3,(H,21,23). The summed E-state index contributed by atoms with van der Waals surface area (Å²) in [7, 11) is -2.28. The fourth-order valence-corrected chi connectivity index (χ4v) is 5.37. The van der Waals surface area contributed by atoms with Crippen molar-refractivity contribution in [3.05, 3.63) is 56.2 Å². The minimum absolute atomic E-state index is 0.123. The molecule has 9 heteroatoms. The number of aryl methyl sites for hydroxylation is 2. The van der Waals surface area contributed by atoms with Crippen molar-refractivity contribution in [3.63, 3.8) is 0 Å². The highest BCUT2D eigenvalue weighted by Crippen LogP contribution is 2.29. The van der Waals surface area contributed by atoms with E-state index in [-0.39, 0.29) is 10.8 Å². The average Bonchev–Trinajstić information content (AvgIpc) is 3.30. The maximum Gasteiger partial charge on any atom is 0.251 e. The molecule has 28 heavy (non-hydrogen) atoms. The second-order valence-electron chi connectivity index (χ2n) is 6.32. The first-order valence-corrected chi connectivity index (χ1v) is 11.7. The summed E-state index contributed by atoms with van der Waals surface area (Å²) in [5.41, 5.74) is 2.65. The van der Waals surface area contributed by atoms with E-state index in [0.29, 0.717) is 17.7 Å². The first-order chi connectivity index (χ1) is 13.2. The van der Waals surface area contributed by atoms with Crippen molar-refractivity contribution < 1.29 is 13.2 Å². The number of carbonyl (C=O) groups excluding carboxylic acids is 1. The number of rotatable bonds is 6. The van der Waals surface area contributed by atoms with Crippen LogP contribution >= 0.6 is 22.7 Å². The number of aromatic nitrogens is 1. The van der Waals surface area contributed by atoms with Gasteiger partial charge in [-0.3, -0.25) is 4.79 Å². The third kappa shape index (κ3) is 4.33. The summed E-state index contributed by atoms with van der Waals surface area (Å²) in [5.74, 6) is -0.310. The van der Waals surface area contributed by atoms with Crippen LogP contribution in [0.2, 0.25) is 0 Å². The Hall–Kier alpha value is -2.07. The van der Waals surface area contributed by atoms with Gasteiger partial charge in [0, 0.05) is 15.8 Å². The van der Waals surface area contributed by atoms with Crippen LogP contribution in [0.1, 0.15) is 31.4 Å². The van der Waals surface area contributed by atoms with Gasteiger partial charge in [-0.25, -0.2) is 18.1 Å². The summed E-state index contributed by atoms with van der Waals surface area (Å²) >= 11 is 3.18. The summed E-state index contributed by atoms with van der Waals surface area (Å²) < 4.78 is 26.7. The van der Waals surface area contributed by atoms with Crippen molar-refractivity contribution in [2.45, 2.75) is 32.2 Å². The second kappa shape index (κ2) is 8.12. The van der Waals surface area contributed by atoms with E-state index in [9.17, 15) is 13.2 Å². The topological polar surface area (TPSA) is 88.2 Å². The van der Waals surface area contributed by atoms with Crippen LogP contribution in [0.4, 0.5) is 0 Å². The zero-order valence-electron chi connectivity index (χ0n) is 16.0. The van der Waals surface area contributed by atoms with Gasteiger partial charge >= 0.3 is 0 Å². The van der Waals surface area contributed by atoms with Crippen LogP contribution in [0.15, 0.2) is 34.5 Å². The molecule has 6 nitrogen and oxygen atoms in total. The van der Waals surface area contributed by atoms with Gasteiger partial charge in [0.05, 0.1) is 27.0 Å². The Morgan fingerprint density at radius 2 is 1.93 bits per heavy atom. The largest absolute Gasteiger partial charge is 0.347 e. The van der Waals surface area contributed by atoms with Crippen molar-refractivity contribution in [1.29, 1.82) is 0 Å². The number of carbonyl (C=O) groups is 1. The molecule has 0 bridgehead atoms. The van der Waals surface area contributed by atoms with E-state index in [0.717, 1.165) is 26.0 Å². The molecular weight excluding hydrogens is 414 g/mol. The summed E-state index contributed by atoms with van der Waals surface area (Å²) in [6.45, 7) is 5.86. The SMILES string of the molecule is CNS(=O)(=O)c1cc(C(=O)NCc2ccc(-c3csc(C)n3)s2)cc(C)c1C. The minimum atomic E-state index is -3.63. The Labute approximate surface area is 172 Å². The number of nitrogens with one attached hydrogen (secondary N) is 2. The van der Waals surface area contributed by atoms with Gasteiger partial charge in [0.15, 0.2) is 0 Å². The zero-order valence-corrected chi connectivity index (χ0v) is 18.4. The first-order valence-electron chi connectivity index (χ1n) is 8.55. The Morgan fingerprint density at radius 1 is 1.18 bits per heavy atom. The second-order valence-corrected chi connectivity index (χ2v) is 10.4. The lowest BCUT2D eigenvalue weighted by molar-refractivity contribution is 0.0951. The number of amides is 1. The van der Waals surface area contributed by atoms with E-state index < -0.39 is 10.0 Å². The fourth-order valence-electron chi connectivity index (χ4n) is 2.70. The lowest BCUT2D eigenvalue weighted by atomic mass is 10.1. The Kier molecular flexibility index (Phi) is 5.99. The number of thiazole rings is 1. The van der Waals surface area contributed by atoms with Gasteiger partial charge in [0.2, 0.25) is 10.0 Å². The van der Waals surface area contributed by atoms with Crippen LogP contribution in [-0.4, -0.2) is 26.4 Å². The molecule has 0 aliphatic rings. The number of nitrogens with zero attached hydrogens (tertiary/aromatic N) is 1. The van der Waals surface area contributed by atoms with E-state index >= 15 is 0 Å². The number of sulfonamides is 1. The zero-order chi connectivity index (χ0) is 20.5. The van der Waals surface area contributed by atoms with Crippen LogP contribution in [0, 0.1) is 20.8 Å². The summed E-state index contributed by atoms with van der Waals surface area (Å²) in [6, 6.07) is 7.08. The minimum Gasteiger partial charge on any atom is -0.347 e. The summed E-state index contributed by atoms with van der Waals surface area (Å²) in [5, 5.41) is 5.90. The van der Waals surface area contributed by atoms with E-state index in [4.69, 9.17) is 0 Å². The Balaban J connectivity index is 1.76. The fraction of sp³-hybridized carbons (Fsp3) is 0.263. The van der Waals surface area contributed by atoms with Crippen LogP contribution in [0.3, 0.4) is 0 Å². The summed E-state index contributed by atoms with van der Waals surface area (Å²) in [4.78, 5) is 19.3. The lowest BCUT2D eigenvalue weighted by Gasteiger charge is -2.12. The van der Waals surface area contributed by atoms with E-state index in [1.54, 1.807) is 42.6 Å².